The molecule has 1 unspecified atom stereocenters. The van der Waals surface area contributed by atoms with Crippen molar-refractivity contribution in [3.8, 4) is 0 Å². The molecule has 29 heavy (non-hydrogen) atoms. The highest BCUT2D eigenvalue weighted by atomic mass is 16.6. The number of carbonyl (C=O) groups excluding carboxylic acids is 4. The Labute approximate surface area is 173 Å². The van der Waals surface area contributed by atoms with Crippen LogP contribution in [0.4, 0.5) is 0 Å². The van der Waals surface area contributed by atoms with Crippen molar-refractivity contribution in [2.75, 3.05) is 14.2 Å². The molecule has 0 rings (SSSR count). The molecule has 0 saturated carbocycles. The first-order valence-electron chi connectivity index (χ1n) is 9.23. The van der Waals surface area contributed by atoms with Gasteiger partial charge < -0.3 is 24.1 Å². The van der Waals surface area contributed by atoms with Gasteiger partial charge in [-0.25, -0.2) is 4.79 Å². The minimum absolute atomic E-state index is 0.0609. The number of carbonyl (C=O) groups is 4. The molecule has 0 spiro atoms. The molecule has 9 heteroatoms. The van der Waals surface area contributed by atoms with Crippen LogP contribution in [0.25, 0.3) is 0 Å². The van der Waals surface area contributed by atoms with Gasteiger partial charge in [0.25, 0.3) is 0 Å². The van der Waals surface area contributed by atoms with Crippen molar-refractivity contribution in [1.29, 1.82) is 0 Å². The average molecular weight is 420 g/mol. The van der Waals surface area contributed by atoms with E-state index in [0.717, 1.165) is 7.11 Å². The lowest BCUT2D eigenvalue weighted by Gasteiger charge is -2.23. The minimum Gasteiger partial charge on any atom is -0.469 e. The van der Waals surface area contributed by atoms with Crippen molar-refractivity contribution < 1.29 is 43.2 Å². The zero-order valence-corrected chi connectivity index (χ0v) is 19.2. The van der Waals surface area contributed by atoms with E-state index in [0.29, 0.717) is 0 Å². The molecule has 0 aromatic carbocycles. The summed E-state index contributed by atoms with van der Waals surface area (Å²) in [5.74, 6) is -3.63. The Morgan fingerprint density at radius 3 is 1.52 bits per heavy atom. The fourth-order valence-electron chi connectivity index (χ4n) is 1.67. The van der Waals surface area contributed by atoms with E-state index in [1.807, 2.05) is 0 Å². The molecule has 1 N–H and O–H groups in total. The Kier molecular flexibility index (Phi) is 12.4. The highest BCUT2D eigenvalue weighted by molar-refractivity contribution is 5.83. The van der Waals surface area contributed by atoms with Crippen LogP contribution in [0, 0.1) is 11.8 Å². The van der Waals surface area contributed by atoms with E-state index in [4.69, 9.17) is 9.47 Å². The maximum absolute atomic E-state index is 11.4. The van der Waals surface area contributed by atoms with Crippen molar-refractivity contribution in [1.82, 2.24) is 0 Å². The average Bonchev–Trinajstić information content (AvgIpc) is 2.56. The van der Waals surface area contributed by atoms with Crippen molar-refractivity contribution in [2.24, 2.45) is 11.8 Å². The number of rotatable bonds is 6. The number of aliphatic hydroxyl groups excluding tert-OH is 1. The molecule has 0 bridgehead atoms. The second kappa shape index (κ2) is 12.4. The predicted octanol–water partition coefficient (Wildman–Crippen LogP) is 2.03. The summed E-state index contributed by atoms with van der Waals surface area (Å²) in [5, 5.41) is 9.38. The van der Waals surface area contributed by atoms with Gasteiger partial charge in [-0.15, -0.1) is 0 Å². The van der Waals surface area contributed by atoms with Crippen LogP contribution in [0.3, 0.4) is 0 Å². The van der Waals surface area contributed by atoms with E-state index in [-0.39, 0.29) is 12.4 Å². The summed E-state index contributed by atoms with van der Waals surface area (Å²) in [4.78, 5) is 44.6. The van der Waals surface area contributed by atoms with Gasteiger partial charge >= 0.3 is 23.9 Å². The molecule has 0 heterocycles. The second-order valence-electron chi connectivity index (χ2n) is 8.50. The molecule has 0 saturated heterocycles. The summed E-state index contributed by atoms with van der Waals surface area (Å²) in [6, 6.07) is 0. The largest absolute Gasteiger partial charge is 0.469 e. The fraction of sp³-hybridized carbons (Fsp3) is 0.800. The van der Waals surface area contributed by atoms with Crippen LogP contribution in [0.5, 0.6) is 0 Å². The summed E-state index contributed by atoms with van der Waals surface area (Å²) < 4.78 is 18.9. The van der Waals surface area contributed by atoms with Crippen LogP contribution >= 0.6 is 0 Å². The van der Waals surface area contributed by atoms with Crippen LogP contribution in [0.1, 0.15) is 61.8 Å². The first-order chi connectivity index (χ1) is 12.9. The Balaban J connectivity index is 0. The van der Waals surface area contributed by atoms with Gasteiger partial charge in [0, 0.05) is 0 Å². The lowest BCUT2D eigenvalue weighted by molar-refractivity contribution is -0.170. The molecule has 170 valence electrons. The summed E-state index contributed by atoms with van der Waals surface area (Å²) in [6.45, 7) is 13.5. The SMILES string of the molecule is COC(=O)C(O)[C@H](C)C(=O)OC(C)(C)C.COC(=O)C[C@H](C)C(=O)OC(C)(C)C. The summed E-state index contributed by atoms with van der Waals surface area (Å²) in [7, 11) is 2.44. The third kappa shape index (κ3) is 14.5. The third-order valence-electron chi connectivity index (χ3n) is 3.20. The number of ether oxygens (including phenoxy) is 4. The van der Waals surface area contributed by atoms with E-state index < -0.39 is 47.0 Å². The Morgan fingerprint density at radius 1 is 0.759 bits per heavy atom. The monoisotopic (exact) mass is 420 g/mol. The zero-order chi connectivity index (χ0) is 23.6. The van der Waals surface area contributed by atoms with E-state index in [2.05, 4.69) is 9.47 Å². The molecule has 0 aromatic rings. The first kappa shape index (κ1) is 29.0. The van der Waals surface area contributed by atoms with Gasteiger partial charge in [-0.2, -0.15) is 0 Å². The number of methoxy groups -OCH3 is 2. The predicted molar refractivity (Wildman–Crippen MR) is 105 cm³/mol. The number of hydrogen-bond acceptors (Lipinski definition) is 9. The first-order valence-corrected chi connectivity index (χ1v) is 9.23. The topological polar surface area (TPSA) is 125 Å². The number of aliphatic hydroxyl groups is 1. The van der Waals surface area contributed by atoms with Crippen LogP contribution in [-0.2, 0) is 38.1 Å². The van der Waals surface area contributed by atoms with E-state index in [9.17, 15) is 24.3 Å². The molecule has 0 aliphatic rings. The summed E-state index contributed by atoms with van der Waals surface area (Å²) in [5.41, 5.74) is -1.15. The Morgan fingerprint density at radius 2 is 1.17 bits per heavy atom. The van der Waals surface area contributed by atoms with E-state index in [1.165, 1.54) is 14.0 Å². The van der Waals surface area contributed by atoms with Gasteiger partial charge in [-0.3, -0.25) is 14.4 Å². The maximum atomic E-state index is 11.4. The van der Waals surface area contributed by atoms with Gasteiger partial charge in [-0.05, 0) is 48.5 Å². The number of esters is 4. The second-order valence-corrected chi connectivity index (χ2v) is 8.50. The molecule has 3 atom stereocenters. The molecule has 0 aliphatic heterocycles. The van der Waals surface area contributed by atoms with E-state index in [1.54, 1.807) is 48.5 Å². The molecule has 0 amide bonds. The smallest absolute Gasteiger partial charge is 0.335 e. The highest BCUT2D eigenvalue weighted by Crippen LogP contribution is 2.15. The normalized spacial score (nSPS) is 14.3. The third-order valence-corrected chi connectivity index (χ3v) is 3.20. The van der Waals surface area contributed by atoms with Crippen LogP contribution in [-0.4, -0.2) is 60.5 Å². The Hall–Kier alpha value is -2.16. The standard InChI is InChI=1S/C10H18O5.C10H18O4/c1-6(7(11)9(13)14-5)8(12)15-10(2,3)4;1-7(6-8(11)13-5)9(12)14-10(2,3)4/h6-7,11H,1-5H3;7H,6H2,1-5H3/t6-,7?;7-/m00/s1. The molecule has 0 radical (unpaired) electrons. The van der Waals surface area contributed by atoms with Crippen molar-refractivity contribution >= 4 is 23.9 Å². The van der Waals surface area contributed by atoms with Gasteiger partial charge in [0.1, 0.15) is 11.2 Å². The summed E-state index contributed by atoms with van der Waals surface area (Å²) in [6.07, 6.45) is -1.42. The maximum Gasteiger partial charge on any atom is 0.335 e. The van der Waals surface area contributed by atoms with Crippen LogP contribution in [0.15, 0.2) is 0 Å². The van der Waals surface area contributed by atoms with Crippen molar-refractivity contribution in [2.45, 2.75) is 79.1 Å². The molecule has 0 fully saturated rings. The molecule has 0 aromatic heterocycles. The molecular weight excluding hydrogens is 384 g/mol. The molecule has 0 aliphatic carbocycles. The fourth-order valence-corrected chi connectivity index (χ4v) is 1.67. The van der Waals surface area contributed by atoms with Gasteiger partial charge in [-0.1, -0.05) is 6.92 Å². The highest BCUT2D eigenvalue weighted by Gasteiger charge is 2.32. The van der Waals surface area contributed by atoms with Crippen LogP contribution < -0.4 is 0 Å². The summed E-state index contributed by atoms with van der Waals surface area (Å²) >= 11 is 0. The van der Waals surface area contributed by atoms with E-state index >= 15 is 0 Å². The molecule has 9 nitrogen and oxygen atoms in total. The zero-order valence-electron chi connectivity index (χ0n) is 19.2. The quantitative estimate of drug-likeness (QED) is 0.507. The van der Waals surface area contributed by atoms with Crippen molar-refractivity contribution in [3.63, 3.8) is 0 Å². The minimum atomic E-state index is -1.48. The lowest BCUT2D eigenvalue weighted by atomic mass is 10.0. The van der Waals surface area contributed by atoms with Crippen molar-refractivity contribution in [3.05, 3.63) is 0 Å². The van der Waals surface area contributed by atoms with Crippen LogP contribution in [0.2, 0.25) is 0 Å². The molecular formula is C20H36O9. The van der Waals surface area contributed by atoms with Gasteiger partial charge in [0.15, 0.2) is 6.10 Å². The van der Waals surface area contributed by atoms with Gasteiger partial charge in [0.05, 0.1) is 32.5 Å². The van der Waals surface area contributed by atoms with Gasteiger partial charge in [0.2, 0.25) is 0 Å². The number of hydrogen-bond donors (Lipinski definition) is 1. The lowest BCUT2D eigenvalue weighted by Crippen LogP contribution is -2.37. The Bertz CT molecular complexity index is 555.